The number of benzene rings is 3. The number of rotatable bonds is 6. The van der Waals surface area contributed by atoms with Crippen molar-refractivity contribution in [2.45, 2.75) is 18.1 Å². The molecule has 3 aromatic carbocycles. The number of hydrogen-bond donors (Lipinski definition) is 1. The van der Waals surface area contributed by atoms with E-state index in [0.717, 1.165) is 5.56 Å². The fourth-order valence-corrected chi connectivity index (χ4v) is 4.33. The Morgan fingerprint density at radius 2 is 1.71 bits per heavy atom. The zero-order valence-corrected chi connectivity index (χ0v) is 18.4. The van der Waals surface area contributed by atoms with Crippen LogP contribution in [0, 0.1) is 0 Å². The van der Waals surface area contributed by atoms with E-state index in [1.165, 1.54) is 16.3 Å². The van der Waals surface area contributed by atoms with Crippen LogP contribution in [0.3, 0.4) is 0 Å². The first-order chi connectivity index (χ1) is 15.0. The SMILES string of the molecule is C[C@H](NC(=O)CSc1nc2ccccc2c(=O)n1-c1ccccc1Cl)c1ccccc1. The predicted octanol–water partition coefficient (Wildman–Crippen LogP) is 5.01. The number of carbonyl (C=O) groups excluding carboxylic acids is 1. The third kappa shape index (κ3) is 4.65. The summed E-state index contributed by atoms with van der Waals surface area (Å²) in [5, 5.41) is 4.33. The number of aromatic nitrogens is 2. The van der Waals surface area contributed by atoms with Crippen molar-refractivity contribution in [1.82, 2.24) is 14.9 Å². The number of carbonyl (C=O) groups is 1. The highest BCUT2D eigenvalue weighted by Gasteiger charge is 2.17. The maximum absolute atomic E-state index is 13.3. The second-order valence-corrected chi connectivity index (χ2v) is 8.34. The quantitative estimate of drug-likeness (QED) is 0.332. The zero-order chi connectivity index (χ0) is 21.8. The van der Waals surface area contributed by atoms with Crippen molar-refractivity contribution in [2.24, 2.45) is 0 Å². The van der Waals surface area contributed by atoms with Gasteiger partial charge in [0, 0.05) is 0 Å². The number of amides is 1. The average molecular weight is 450 g/mol. The van der Waals surface area contributed by atoms with E-state index in [9.17, 15) is 9.59 Å². The van der Waals surface area contributed by atoms with E-state index < -0.39 is 0 Å². The number of halogens is 1. The van der Waals surface area contributed by atoms with Crippen molar-refractivity contribution in [2.75, 3.05) is 5.75 Å². The Morgan fingerprint density at radius 3 is 2.48 bits per heavy atom. The molecule has 0 radical (unpaired) electrons. The third-order valence-electron chi connectivity index (χ3n) is 4.85. The molecule has 1 atom stereocenters. The molecule has 4 aromatic rings. The van der Waals surface area contributed by atoms with Crippen LogP contribution in [0.5, 0.6) is 0 Å². The van der Waals surface area contributed by atoms with Gasteiger partial charge in [0.15, 0.2) is 5.16 Å². The number of para-hydroxylation sites is 2. The second kappa shape index (κ2) is 9.37. The monoisotopic (exact) mass is 449 g/mol. The molecule has 4 rings (SSSR count). The largest absolute Gasteiger partial charge is 0.349 e. The molecule has 0 saturated heterocycles. The fraction of sp³-hybridized carbons (Fsp3) is 0.125. The minimum absolute atomic E-state index is 0.117. The Hall–Kier alpha value is -3.09. The zero-order valence-electron chi connectivity index (χ0n) is 16.8. The molecule has 0 bridgehead atoms. The molecule has 5 nitrogen and oxygen atoms in total. The highest BCUT2D eigenvalue weighted by Crippen LogP contribution is 2.25. The molecule has 156 valence electrons. The van der Waals surface area contributed by atoms with E-state index >= 15 is 0 Å². The van der Waals surface area contributed by atoms with Gasteiger partial charge in [-0.3, -0.25) is 14.2 Å². The minimum Gasteiger partial charge on any atom is -0.349 e. The topological polar surface area (TPSA) is 64.0 Å². The van der Waals surface area contributed by atoms with Gasteiger partial charge >= 0.3 is 0 Å². The number of nitrogens with one attached hydrogen (secondary N) is 1. The number of fused-ring (bicyclic) bond motifs is 1. The standard InChI is InChI=1S/C24H20ClN3O2S/c1-16(17-9-3-2-4-10-17)26-22(29)15-31-24-27-20-13-7-5-11-18(20)23(30)28(24)21-14-8-6-12-19(21)25/h2-14,16H,15H2,1H3,(H,26,29)/t16-/m0/s1. The molecule has 31 heavy (non-hydrogen) atoms. The highest BCUT2D eigenvalue weighted by atomic mass is 35.5. The van der Waals surface area contributed by atoms with Crippen molar-refractivity contribution in [3.8, 4) is 5.69 Å². The maximum Gasteiger partial charge on any atom is 0.266 e. The molecule has 7 heteroatoms. The van der Waals surface area contributed by atoms with E-state index in [2.05, 4.69) is 10.3 Å². The van der Waals surface area contributed by atoms with Crippen LogP contribution in [0.4, 0.5) is 0 Å². The van der Waals surface area contributed by atoms with Crippen LogP contribution in [0.2, 0.25) is 5.02 Å². The van der Waals surface area contributed by atoms with E-state index in [-0.39, 0.29) is 23.3 Å². The van der Waals surface area contributed by atoms with Crippen LogP contribution < -0.4 is 10.9 Å². The molecule has 1 amide bonds. The molecule has 0 saturated carbocycles. The van der Waals surface area contributed by atoms with Crippen molar-refractivity contribution in [1.29, 1.82) is 0 Å². The van der Waals surface area contributed by atoms with E-state index in [0.29, 0.717) is 26.8 Å². The normalized spacial score (nSPS) is 11.9. The summed E-state index contributed by atoms with van der Waals surface area (Å²) >= 11 is 7.58. The summed E-state index contributed by atoms with van der Waals surface area (Å²) in [6, 6.07) is 23.9. The van der Waals surface area contributed by atoms with Gasteiger partial charge in [-0.05, 0) is 36.8 Å². The summed E-state index contributed by atoms with van der Waals surface area (Å²) in [6.07, 6.45) is 0. The van der Waals surface area contributed by atoms with Crippen LogP contribution in [-0.4, -0.2) is 21.2 Å². The Morgan fingerprint density at radius 1 is 1.03 bits per heavy atom. The summed E-state index contributed by atoms with van der Waals surface area (Å²) < 4.78 is 1.48. The first-order valence-corrected chi connectivity index (χ1v) is 11.1. The highest BCUT2D eigenvalue weighted by molar-refractivity contribution is 7.99. The van der Waals surface area contributed by atoms with Gasteiger partial charge in [0.25, 0.3) is 5.56 Å². The minimum atomic E-state index is -0.223. The fourth-order valence-electron chi connectivity index (χ4n) is 3.29. The van der Waals surface area contributed by atoms with Crippen LogP contribution in [0.1, 0.15) is 18.5 Å². The molecular weight excluding hydrogens is 430 g/mol. The lowest BCUT2D eigenvalue weighted by molar-refractivity contribution is -0.119. The second-order valence-electron chi connectivity index (χ2n) is 6.99. The first kappa shape index (κ1) is 21.2. The maximum atomic E-state index is 13.3. The Balaban J connectivity index is 1.64. The van der Waals surface area contributed by atoms with E-state index in [1.807, 2.05) is 49.4 Å². The van der Waals surface area contributed by atoms with Gasteiger partial charge in [-0.15, -0.1) is 0 Å². The van der Waals surface area contributed by atoms with E-state index in [1.54, 1.807) is 36.4 Å². The van der Waals surface area contributed by atoms with Crippen molar-refractivity contribution in [3.05, 3.63) is 99.8 Å². The lowest BCUT2D eigenvalue weighted by atomic mass is 10.1. The summed E-state index contributed by atoms with van der Waals surface area (Å²) in [4.78, 5) is 30.5. The lowest BCUT2D eigenvalue weighted by Gasteiger charge is -2.16. The molecule has 0 fully saturated rings. The Kier molecular flexibility index (Phi) is 6.39. The summed E-state index contributed by atoms with van der Waals surface area (Å²) in [5.41, 5.74) is 1.92. The predicted molar refractivity (Wildman–Crippen MR) is 126 cm³/mol. The summed E-state index contributed by atoms with van der Waals surface area (Å²) in [6.45, 7) is 1.94. The Labute approximate surface area is 189 Å². The van der Waals surface area contributed by atoms with Gasteiger partial charge < -0.3 is 5.32 Å². The molecule has 0 aliphatic carbocycles. The van der Waals surface area contributed by atoms with E-state index in [4.69, 9.17) is 11.6 Å². The van der Waals surface area contributed by atoms with Crippen molar-refractivity contribution >= 4 is 40.2 Å². The lowest BCUT2D eigenvalue weighted by Crippen LogP contribution is -2.29. The molecule has 1 N–H and O–H groups in total. The summed E-state index contributed by atoms with van der Waals surface area (Å²) in [5.74, 6) is -0.0265. The number of thioether (sulfide) groups is 1. The number of nitrogens with zero attached hydrogens (tertiary/aromatic N) is 2. The first-order valence-electron chi connectivity index (χ1n) is 9.78. The smallest absolute Gasteiger partial charge is 0.266 e. The van der Waals surface area contributed by atoms with Crippen LogP contribution in [-0.2, 0) is 4.79 Å². The van der Waals surface area contributed by atoms with Gasteiger partial charge in [-0.2, -0.15) is 0 Å². The molecular formula is C24H20ClN3O2S. The van der Waals surface area contributed by atoms with Crippen molar-refractivity contribution < 1.29 is 4.79 Å². The van der Waals surface area contributed by atoms with Gasteiger partial charge in [0.2, 0.25) is 5.91 Å². The van der Waals surface area contributed by atoms with Gasteiger partial charge in [0.1, 0.15) is 0 Å². The van der Waals surface area contributed by atoms with Crippen LogP contribution in [0.25, 0.3) is 16.6 Å². The number of hydrogen-bond acceptors (Lipinski definition) is 4. The molecule has 0 unspecified atom stereocenters. The molecule has 0 aliphatic rings. The summed E-state index contributed by atoms with van der Waals surface area (Å²) in [7, 11) is 0. The van der Waals surface area contributed by atoms with Gasteiger partial charge in [-0.25, -0.2) is 4.98 Å². The molecule has 0 spiro atoms. The molecule has 1 aromatic heterocycles. The van der Waals surface area contributed by atoms with Crippen molar-refractivity contribution in [3.63, 3.8) is 0 Å². The van der Waals surface area contributed by atoms with Crippen LogP contribution >= 0.6 is 23.4 Å². The molecule has 0 aliphatic heterocycles. The Bertz CT molecular complexity index is 1290. The van der Waals surface area contributed by atoms with Gasteiger partial charge in [-0.1, -0.05) is 78.0 Å². The third-order valence-corrected chi connectivity index (χ3v) is 6.11. The average Bonchev–Trinajstić information content (AvgIpc) is 2.79. The van der Waals surface area contributed by atoms with Crippen LogP contribution in [0.15, 0.2) is 88.8 Å². The molecule has 1 heterocycles. The van der Waals surface area contributed by atoms with Gasteiger partial charge in [0.05, 0.1) is 33.4 Å².